The third-order valence-electron chi connectivity index (χ3n) is 7.48. The topological polar surface area (TPSA) is 58.4 Å². The Morgan fingerprint density at radius 2 is 1.94 bits per heavy atom. The van der Waals surface area contributed by atoms with Crippen molar-refractivity contribution in [2.24, 2.45) is 5.41 Å². The van der Waals surface area contributed by atoms with E-state index < -0.39 is 5.41 Å². The number of likely N-dealkylation sites (tertiary alicyclic amines) is 2. The van der Waals surface area contributed by atoms with Crippen molar-refractivity contribution in [1.29, 1.82) is 0 Å². The van der Waals surface area contributed by atoms with E-state index in [1.165, 1.54) is 6.07 Å². The normalized spacial score (nSPS) is 19.7. The fourth-order valence-electron chi connectivity index (χ4n) is 5.53. The SMILES string of the molecule is CN1C(=O)C2(CCN(C(=O)c3ccccc3Cn3ccnc3)CC2)C[C@H]1Cc1cccc(F)c1. The van der Waals surface area contributed by atoms with Crippen LogP contribution in [0.25, 0.3) is 0 Å². The molecule has 0 aliphatic carbocycles. The predicted molar refractivity (Wildman–Crippen MR) is 127 cm³/mol. The van der Waals surface area contributed by atoms with Crippen LogP contribution in [0.2, 0.25) is 0 Å². The molecule has 34 heavy (non-hydrogen) atoms. The number of amides is 2. The van der Waals surface area contributed by atoms with Crippen LogP contribution in [0.15, 0.2) is 67.3 Å². The van der Waals surface area contributed by atoms with Gasteiger partial charge in [-0.15, -0.1) is 0 Å². The Balaban J connectivity index is 1.26. The van der Waals surface area contributed by atoms with Crippen molar-refractivity contribution in [3.05, 3.63) is 89.8 Å². The standard InChI is InChI=1S/C27H29FN4O2/c1-30-23(16-20-5-4-7-22(28)15-20)17-27(26(30)34)9-12-32(13-10-27)25(33)24-8-3-2-6-21(24)18-31-14-11-29-19-31/h2-8,11,14-15,19,23H,9-10,12-13,16-18H2,1H3/t23-/m1/s1. The summed E-state index contributed by atoms with van der Waals surface area (Å²) in [6.07, 6.45) is 8.06. The first-order valence-corrected chi connectivity index (χ1v) is 11.8. The minimum absolute atomic E-state index is 0.0145. The molecule has 0 bridgehead atoms. The van der Waals surface area contributed by atoms with E-state index in [4.69, 9.17) is 0 Å². The first kappa shape index (κ1) is 22.3. The lowest BCUT2D eigenvalue weighted by molar-refractivity contribution is -0.137. The van der Waals surface area contributed by atoms with Crippen molar-refractivity contribution in [2.75, 3.05) is 20.1 Å². The number of nitrogens with zero attached hydrogens (tertiary/aromatic N) is 4. The molecule has 3 heterocycles. The van der Waals surface area contributed by atoms with Gasteiger partial charge < -0.3 is 14.4 Å². The van der Waals surface area contributed by atoms with Gasteiger partial charge in [0.15, 0.2) is 0 Å². The lowest BCUT2D eigenvalue weighted by Gasteiger charge is -2.38. The van der Waals surface area contributed by atoms with Crippen LogP contribution >= 0.6 is 0 Å². The van der Waals surface area contributed by atoms with Crippen molar-refractivity contribution < 1.29 is 14.0 Å². The highest BCUT2D eigenvalue weighted by Crippen LogP contribution is 2.45. The molecule has 0 radical (unpaired) electrons. The number of hydrogen-bond acceptors (Lipinski definition) is 3. The molecule has 2 aromatic carbocycles. The van der Waals surface area contributed by atoms with Crippen LogP contribution in [0.1, 0.15) is 40.7 Å². The fourth-order valence-corrected chi connectivity index (χ4v) is 5.53. The molecule has 0 unspecified atom stereocenters. The summed E-state index contributed by atoms with van der Waals surface area (Å²) in [5.41, 5.74) is 2.13. The lowest BCUT2D eigenvalue weighted by atomic mass is 9.75. The zero-order valence-electron chi connectivity index (χ0n) is 19.4. The highest BCUT2D eigenvalue weighted by atomic mass is 19.1. The third kappa shape index (κ3) is 4.22. The smallest absolute Gasteiger partial charge is 0.254 e. The fraction of sp³-hybridized carbons (Fsp3) is 0.370. The first-order chi connectivity index (χ1) is 16.4. The average molecular weight is 461 g/mol. The Morgan fingerprint density at radius 1 is 1.15 bits per heavy atom. The maximum Gasteiger partial charge on any atom is 0.254 e. The van der Waals surface area contributed by atoms with E-state index in [1.54, 1.807) is 24.7 Å². The van der Waals surface area contributed by atoms with Gasteiger partial charge in [-0.2, -0.15) is 0 Å². The highest BCUT2D eigenvalue weighted by molar-refractivity contribution is 5.96. The van der Waals surface area contributed by atoms with Gasteiger partial charge >= 0.3 is 0 Å². The first-order valence-electron chi connectivity index (χ1n) is 11.8. The summed E-state index contributed by atoms with van der Waals surface area (Å²) in [4.78, 5) is 34.5. The number of aromatic nitrogens is 2. The van der Waals surface area contributed by atoms with Crippen molar-refractivity contribution in [2.45, 2.75) is 38.3 Å². The van der Waals surface area contributed by atoms with Crippen LogP contribution in [0, 0.1) is 11.2 Å². The molecule has 1 spiro atoms. The number of imidazole rings is 1. The van der Waals surface area contributed by atoms with Crippen molar-refractivity contribution in [3.63, 3.8) is 0 Å². The van der Waals surface area contributed by atoms with E-state index in [0.717, 1.165) is 17.5 Å². The molecular weight excluding hydrogens is 431 g/mol. The number of rotatable bonds is 5. The Hall–Kier alpha value is -3.48. The van der Waals surface area contributed by atoms with Crippen LogP contribution in [0.3, 0.4) is 0 Å². The molecule has 0 saturated carbocycles. The van der Waals surface area contributed by atoms with Crippen molar-refractivity contribution >= 4 is 11.8 Å². The van der Waals surface area contributed by atoms with Crippen LogP contribution in [0.5, 0.6) is 0 Å². The van der Waals surface area contributed by atoms with E-state index in [1.807, 2.05) is 57.9 Å². The van der Waals surface area contributed by atoms with E-state index in [2.05, 4.69) is 4.98 Å². The second-order valence-electron chi connectivity index (χ2n) is 9.57. The predicted octanol–water partition coefficient (Wildman–Crippen LogP) is 3.77. The number of hydrogen-bond donors (Lipinski definition) is 0. The van der Waals surface area contributed by atoms with Crippen LogP contribution in [0.4, 0.5) is 4.39 Å². The Kier molecular flexibility index (Phi) is 5.94. The Morgan fingerprint density at radius 3 is 2.68 bits per heavy atom. The second-order valence-corrected chi connectivity index (χ2v) is 9.57. The molecule has 5 rings (SSSR count). The van der Waals surface area contributed by atoms with Gasteiger partial charge in [0.05, 0.1) is 11.7 Å². The minimum Gasteiger partial charge on any atom is -0.342 e. The molecule has 2 amide bonds. The molecule has 2 fully saturated rings. The number of piperidine rings is 1. The molecular formula is C27H29FN4O2. The Labute approximate surface area is 199 Å². The van der Waals surface area contributed by atoms with E-state index in [-0.39, 0.29) is 23.7 Å². The van der Waals surface area contributed by atoms with Gasteiger partial charge in [-0.25, -0.2) is 9.37 Å². The number of benzene rings is 2. The summed E-state index contributed by atoms with van der Waals surface area (Å²) >= 11 is 0. The summed E-state index contributed by atoms with van der Waals surface area (Å²) in [6, 6.07) is 14.4. The van der Waals surface area contributed by atoms with Crippen LogP contribution < -0.4 is 0 Å². The van der Waals surface area contributed by atoms with Crippen LogP contribution in [-0.2, 0) is 17.8 Å². The summed E-state index contributed by atoms with van der Waals surface area (Å²) in [7, 11) is 1.85. The lowest BCUT2D eigenvalue weighted by Crippen LogP contribution is -2.46. The molecule has 3 aromatic rings. The second kappa shape index (κ2) is 9.05. The molecule has 0 N–H and O–H groups in total. The van der Waals surface area contributed by atoms with E-state index in [0.29, 0.717) is 44.5 Å². The third-order valence-corrected chi connectivity index (χ3v) is 7.48. The van der Waals surface area contributed by atoms with Crippen molar-refractivity contribution in [3.8, 4) is 0 Å². The van der Waals surface area contributed by atoms with E-state index in [9.17, 15) is 14.0 Å². The van der Waals surface area contributed by atoms with Gasteiger partial charge in [0.2, 0.25) is 5.91 Å². The van der Waals surface area contributed by atoms with E-state index >= 15 is 0 Å². The Bertz CT molecular complexity index is 1180. The van der Waals surface area contributed by atoms with Crippen molar-refractivity contribution in [1.82, 2.24) is 19.4 Å². The summed E-state index contributed by atoms with van der Waals surface area (Å²) in [5.74, 6) is -0.0819. The van der Waals surface area contributed by atoms with Gasteiger partial charge in [0.1, 0.15) is 5.82 Å². The molecule has 2 saturated heterocycles. The zero-order valence-corrected chi connectivity index (χ0v) is 19.4. The zero-order chi connectivity index (χ0) is 23.7. The van der Waals surface area contributed by atoms with Gasteiger partial charge in [-0.1, -0.05) is 30.3 Å². The summed E-state index contributed by atoms with van der Waals surface area (Å²) < 4.78 is 15.6. The van der Waals surface area contributed by atoms with Gasteiger partial charge in [-0.05, 0) is 55.0 Å². The summed E-state index contributed by atoms with van der Waals surface area (Å²) in [6.45, 7) is 1.71. The molecule has 6 nitrogen and oxygen atoms in total. The number of carbonyl (C=O) groups is 2. The van der Waals surface area contributed by atoms with Crippen LogP contribution in [-0.4, -0.2) is 57.3 Å². The summed E-state index contributed by atoms with van der Waals surface area (Å²) in [5, 5.41) is 0. The number of carbonyl (C=O) groups excluding carboxylic acids is 2. The number of halogens is 1. The van der Waals surface area contributed by atoms with Gasteiger partial charge in [0, 0.05) is 50.7 Å². The molecule has 176 valence electrons. The highest BCUT2D eigenvalue weighted by Gasteiger charge is 2.51. The number of likely N-dealkylation sites (N-methyl/N-ethyl adjacent to an activating group) is 1. The van der Waals surface area contributed by atoms with Gasteiger partial charge in [0.25, 0.3) is 5.91 Å². The maximum atomic E-state index is 13.6. The molecule has 7 heteroatoms. The average Bonchev–Trinajstić information content (AvgIpc) is 3.43. The quantitative estimate of drug-likeness (QED) is 0.583. The monoisotopic (exact) mass is 460 g/mol. The minimum atomic E-state index is -0.431. The largest absolute Gasteiger partial charge is 0.342 e. The van der Waals surface area contributed by atoms with Gasteiger partial charge in [-0.3, -0.25) is 9.59 Å². The maximum absolute atomic E-state index is 13.6. The molecule has 2 aliphatic rings. The molecule has 1 atom stereocenters. The molecule has 1 aromatic heterocycles. The molecule has 2 aliphatic heterocycles.